The zero-order valence-corrected chi connectivity index (χ0v) is 17.4. The molecule has 0 saturated carbocycles. The number of ether oxygens (including phenoxy) is 1. The molecule has 0 bridgehead atoms. The monoisotopic (exact) mass is 457 g/mol. The van der Waals surface area contributed by atoms with Crippen LogP contribution in [-0.4, -0.2) is 64.0 Å². The first kappa shape index (κ1) is 19.4. The van der Waals surface area contributed by atoms with Crippen LogP contribution in [0.2, 0.25) is 0 Å². The van der Waals surface area contributed by atoms with Crippen molar-refractivity contribution < 1.29 is 14.3 Å². The second kappa shape index (κ2) is 8.20. The van der Waals surface area contributed by atoms with Crippen LogP contribution in [0.1, 0.15) is 17.3 Å². The van der Waals surface area contributed by atoms with Crippen molar-refractivity contribution >= 4 is 44.7 Å². The zero-order chi connectivity index (χ0) is 20.4. The van der Waals surface area contributed by atoms with E-state index in [2.05, 4.69) is 30.9 Å². The molecule has 8 nitrogen and oxygen atoms in total. The van der Waals surface area contributed by atoms with E-state index in [0.717, 1.165) is 15.4 Å². The van der Waals surface area contributed by atoms with E-state index in [1.807, 2.05) is 23.1 Å². The van der Waals surface area contributed by atoms with Crippen LogP contribution in [0.4, 0.5) is 5.95 Å². The van der Waals surface area contributed by atoms with E-state index in [0.29, 0.717) is 37.7 Å². The third-order valence-corrected chi connectivity index (χ3v) is 5.41. The number of aromatic nitrogens is 3. The molecule has 3 heterocycles. The maximum absolute atomic E-state index is 12.7. The van der Waals surface area contributed by atoms with E-state index in [-0.39, 0.29) is 5.91 Å². The highest BCUT2D eigenvalue weighted by Gasteiger charge is 2.28. The molecule has 0 aliphatic carbocycles. The molecule has 1 aliphatic rings. The standard InChI is InChI=1S/C20H20BrN5O3/c1-13(29-19(28)16-12-24-17-4-3-14(21)11-15(16)17)18(27)25-7-9-26(10-8-25)20-22-5-2-6-23-20/h2-6,11-13,24H,7-10H2,1H3. The molecular weight excluding hydrogens is 438 g/mol. The van der Waals surface area contributed by atoms with Crippen LogP contribution in [0.3, 0.4) is 0 Å². The van der Waals surface area contributed by atoms with E-state index < -0.39 is 12.1 Å². The van der Waals surface area contributed by atoms with Gasteiger partial charge in [-0.3, -0.25) is 4.79 Å². The summed E-state index contributed by atoms with van der Waals surface area (Å²) in [7, 11) is 0. The minimum absolute atomic E-state index is 0.201. The third kappa shape index (κ3) is 4.09. The lowest BCUT2D eigenvalue weighted by molar-refractivity contribution is -0.140. The molecular formula is C20H20BrN5O3. The van der Waals surface area contributed by atoms with Crippen LogP contribution in [-0.2, 0) is 9.53 Å². The fourth-order valence-corrected chi connectivity index (χ4v) is 3.74. The van der Waals surface area contributed by atoms with Gasteiger partial charge in [0.2, 0.25) is 5.95 Å². The number of esters is 1. The molecule has 0 radical (unpaired) electrons. The number of carbonyl (C=O) groups is 2. The zero-order valence-electron chi connectivity index (χ0n) is 15.8. The number of amides is 1. The molecule has 9 heteroatoms. The fraction of sp³-hybridized carbons (Fsp3) is 0.300. The lowest BCUT2D eigenvalue weighted by Crippen LogP contribution is -2.52. The van der Waals surface area contributed by atoms with Gasteiger partial charge in [0.15, 0.2) is 6.10 Å². The number of hydrogen-bond acceptors (Lipinski definition) is 6. The van der Waals surface area contributed by atoms with Crippen molar-refractivity contribution in [2.75, 3.05) is 31.1 Å². The first-order valence-corrected chi connectivity index (χ1v) is 10.1. The minimum Gasteiger partial charge on any atom is -0.449 e. The first-order chi connectivity index (χ1) is 14.0. The van der Waals surface area contributed by atoms with Gasteiger partial charge in [-0.2, -0.15) is 0 Å². The Morgan fingerprint density at radius 2 is 1.90 bits per heavy atom. The highest BCUT2D eigenvalue weighted by molar-refractivity contribution is 9.10. The first-order valence-electron chi connectivity index (χ1n) is 9.31. The van der Waals surface area contributed by atoms with Gasteiger partial charge >= 0.3 is 5.97 Å². The Balaban J connectivity index is 1.37. The number of hydrogen-bond donors (Lipinski definition) is 1. The average molecular weight is 458 g/mol. The molecule has 4 rings (SSSR count). The smallest absolute Gasteiger partial charge is 0.341 e. The van der Waals surface area contributed by atoms with Crippen molar-refractivity contribution in [3.8, 4) is 0 Å². The number of nitrogens with one attached hydrogen (secondary N) is 1. The van der Waals surface area contributed by atoms with Crippen LogP contribution in [0.5, 0.6) is 0 Å². The normalized spacial score (nSPS) is 15.4. The van der Waals surface area contributed by atoms with E-state index in [1.54, 1.807) is 36.5 Å². The molecule has 1 N–H and O–H groups in total. The molecule has 1 fully saturated rings. The molecule has 1 saturated heterocycles. The van der Waals surface area contributed by atoms with E-state index in [4.69, 9.17) is 4.74 Å². The predicted octanol–water partition coefficient (Wildman–Crippen LogP) is 2.61. The molecule has 1 atom stereocenters. The van der Waals surface area contributed by atoms with Gasteiger partial charge in [0, 0.05) is 60.1 Å². The number of halogens is 1. The summed E-state index contributed by atoms with van der Waals surface area (Å²) in [5, 5.41) is 0.750. The van der Waals surface area contributed by atoms with Crippen LogP contribution >= 0.6 is 15.9 Å². The SMILES string of the molecule is CC(OC(=O)c1c[nH]c2ccc(Br)cc12)C(=O)N1CCN(c2ncccn2)CC1. The molecule has 1 amide bonds. The number of aromatic amines is 1. The van der Waals surface area contributed by atoms with Crippen LogP contribution in [0.25, 0.3) is 10.9 Å². The van der Waals surface area contributed by atoms with E-state index in [1.165, 1.54) is 0 Å². The summed E-state index contributed by atoms with van der Waals surface area (Å²) < 4.78 is 6.33. The summed E-state index contributed by atoms with van der Waals surface area (Å²) in [5.41, 5.74) is 1.24. The van der Waals surface area contributed by atoms with Crippen LogP contribution in [0, 0.1) is 0 Å². The quantitative estimate of drug-likeness (QED) is 0.605. The van der Waals surface area contributed by atoms with Gasteiger partial charge in [-0.1, -0.05) is 15.9 Å². The lowest BCUT2D eigenvalue weighted by Gasteiger charge is -2.35. The molecule has 0 spiro atoms. The van der Waals surface area contributed by atoms with Crippen LogP contribution in [0.15, 0.2) is 47.3 Å². The summed E-state index contributed by atoms with van der Waals surface area (Å²) in [6, 6.07) is 7.38. The summed E-state index contributed by atoms with van der Waals surface area (Å²) in [5.74, 6) is -0.0657. The molecule has 150 valence electrons. The van der Waals surface area contributed by atoms with Crippen molar-refractivity contribution in [2.45, 2.75) is 13.0 Å². The number of rotatable bonds is 4. The topological polar surface area (TPSA) is 91.4 Å². The van der Waals surface area contributed by atoms with Gasteiger partial charge in [0.05, 0.1) is 5.56 Å². The Kier molecular flexibility index (Phi) is 5.48. The third-order valence-electron chi connectivity index (χ3n) is 4.92. The highest BCUT2D eigenvalue weighted by atomic mass is 79.9. The van der Waals surface area contributed by atoms with Crippen molar-refractivity contribution in [3.05, 3.63) is 52.9 Å². The van der Waals surface area contributed by atoms with Gasteiger partial charge in [0.1, 0.15) is 0 Å². The number of H-pyrrole nitrogens is 1. The summed E-state index contributed by atoms with van der Waals surface area (Å²) in [4.78, 5) is 40.6. The van der Waals surface area contributed by atoms with Gasteiger partial charge in [-0.15, -0.1) is 0 Å². The van der Waals surface area contributed by atoms with Gasteiger partial charge in [-0.05, 0) is 31.2 Å². The number of piperazine rings is 1. The number of benzene rings is 1. The van der Waals surface area contributed by atoms with Crippen molar-refractivity contribution in [2.24, 2.45) is 0 Å². The van der Waals surface area contributed by atoms with Crippen LogP contribution < -0.4 is 4.90 Å². The van der Waals surface area contributed by atoms with E-state index in [9.17, 15) is 9.59 Å². The summed E-state index contributed by atoms with van der Waals surface area (Å²) >= 11 is 3.41. The second-order valence-corrected chi connectivity index (χ2v) is 7.72. The number of anilines is 1. The van der Waals surface area contributed by atoms with Crippen molar-refractivity contribution in [3.63, 3.8) is 0 Å². The lowest BCUT2D eigenvalue weighted by atomic mass is 10.2. The highest BCUT2D eigenvalue weighted by Crippen LogP contribution is 2.24. The molecule has 29 heavy (non-hydrogen) atoms. The second-order valence-electron chi connectivity index (χ2n) is 6.80. The number of fused-ring (bicyclic) bond motifs is 1. The average Bonchev–Trinajstić information content (AvgIpc) is 3.17. The minimum atomic E-state index is -0.862. The van der Waals surface area contributed by atoms with Gasteiger partial charge < -0.3 is 19.5 Å². The summed E-state index contributed by atoms with van der Waals surface area (Å²) in [6.07, 6.45) is 4.14. The Labute approximate surface area is 176 Å². The molecule has 1 aromatic carbocycles. The summed E-state index contributed by atoms with van der Waals surface area (Å²) in [6.45, 7) is 3.93. The molecule has 2 aromatic heterocycles. The van der Waals surface area contributed by atoms with Crippen molar-refractivity contribution in [1.29, 1.82) is 0 Å². The van der Waals surface area contributed by atoms with Gasteiger partial charge in [-0.25, -0.2) is 14.8 Å². The van der Waals surface area contributed by atoms with Crippen molar-refractivity contribution in [1.82, 2.24) is 19.9 Å². The number of nitrogens with zero attached hydrogens (tertiary/aromatic N) is 4. The number of carbonyl (C=O) groups excluding carboxylic acids is 2. The molecule has 3 aromatic rings. The largest absolute Gasteiger partial charge is 0.449 e. The Bertz CT molecular complexity index is 1030. The maximum Gasteiger partial charge on any atom is 0.341 e. The Morgan fingerprint density at radius 3 is 2.62 bits per heavy atom. The molecule has 1 unspecified atom stereocenters. The maximum atomic E-state index is 12.7. The Morgan fingerprint density at radius 1 is 1.17 bits per heavy atom. The predicted molar refractivity (Wildman–Crippen MR) is 112 cm³/mol. The van der Waals surface area contributed by atoms with E-state index >= 15 is 0 Å². The Hall–Kier alpha value is -2.94. The molecule has 1 aliphatic heterocycles. The fourth-order valence-electron chi connectivity index (χ4n) is 3.37. The van der Waals surface area contributed by atoms with Gasteiger partial charge in [0.25, 0.3) is 5.91 Å².